The quantitative estimate of drug-likeness (QED) is 0.778. The fraction of sp³-hybridized carbons (Fsp3) is 0.167. The van der Waals surface area contributed by atoms with Gasteiger partial charge >= 0.3 is 6.18 Å². The van der Waals surface area contributed by atoms with E-state index in [4.69, 9.17) is 0 Å². The molecule has 1 aromatic heterocycles. The van der Waals surface area contributed by atoms with E-state index in [1.54, 1.807) is 24.3 Å². The lowest BCUT2D eigenvalue weighted by Crippen LogP contribution is -2.22. The molecule has 3 rings (SSSR count). The first-order chi connectivity index (χ1) is 12.3. The molecule has 1 N–H and O–H groups in total. The molecule has 8 heteroatoms. The van der Waals surface area contributed by atoms with Crippen molar-refractivity contribution in [3.63, 3.8) is 0 Å². The summed E-state index contributed by atoms with van der Waals surface area (Å²) in [6.45, 7) is 1.11. The maximum atomic E-state index is 13.0. The summed E-state index contributed by atoms with van der Waals surface area (Å²) >= 11 is 0. The summed E-state index contributed by atoms with van der Waals surface area (Å²) in [6, 6.07) is 10.2. The van der Waals surface area contributed by atoms with Gasteiger partial charge in [-0.15, -0.1) is 0 Å². The molecule has 1 amide bonds. The number of aromatic nitrogens is 2. The van der Waals surface area contributed by atoms with Crippen LogP contribution in [0.5, 0.6) is 0 Å². The van der Waals surface area contributed by atoms with Gasteiger partial charge in [-0.3, -0.25) is 14.3 Å². The number of rotatable bonds is 3. The highest BCUT2D eigenvalue weighted by Gasteiger charge is 2.32. The first kappa shape index (κ1) is 17.7. The minimum atomic E-state index is -4.50. The number of nitrogens with one attached hydrogen (secondary N) is 1. The Kier molecular flexibility index (Phi) is 4.50. The zero-order valence-corrected chi connectivity index (χ0v) is 13.7. The third-order valence-electron chi connectivity index (χ3n) is 3.88. The van der Waals surface area contributed by atoms with Gasteiger partial charge in [0.1, 0.15) is 6.54 Å². The molecule has 0 radical (unpaired) electrons. The monoisotopic (exact) mass is 361 g/mol. The van der Waals surface area contributed by atoms with E-state index in [0.29, 0.717) is 10.9 Å². The third-order valence-corrected chi connectivity index (χ3v) is 3.88. The summed E-state index contributed by atoms with van der Waals surface area (Å²) in [6.07, 6.45) is -3.40. The fourth-order valence-electron chi connectivity index (χ4n) is 2.63. The van der Waals surface area contributed by atoms with Gasteiger partial charge in [-0.25, -0.2) is 0 Å². The zero-order chi connectivity index (χ0) is 18.9. The number of benzene rings is 2. The molecule has 134 valence electrons. The summed E-state index contributed by atoms with van der Waals surface area (Å²) in [5.74, 6) is -0.553. The molecule has 2 aromatic carbocycles. The minimum absolute atomic E-state index is 0.0401. The molecular weight excluding hydrogens is 347 g/mol. The fourth-order valence-corrected chi connectivity index (χ4v) is 2.63. The van der Waals surface area contributed by atoms with Crippen LogP contribution in [-0.4, -0.2) is 15.7 Å². The van der Waals surface area contributed by atoms with Crippen molar-refractivity contribution < 1.29 is 18.0 Å². The first-order valence-electron chi connectivity index (χ1n) is 7.68. The molecule has 0 saturated carbocycles. The highest BCUT2D eigenvalue weighted by atomic mass is 19.4. The van der Waals surface area contributed by atoms with Crippen molar-refractivity contribution in [2.45, 2.75) is 19.6 Å². The van der Waals surface area contributed by atoms with E-state index in [0.717, 1.165) is 12.3 Å². The molecule has 0 fully saturated rings. The lowest BCUT2D eigenvalue weighted by molar-refractivity contribution is -0.138. The van der Waals surface area contributed by atoms with Gasteiger partial charge in [0.25, 0.3) is 0 Å². The van der Waals surface area contributed by atoms with Crippen molar-refractivity contribution in [3.8, 4) is 0 Å². The number of aryl methyl sites for hydroxylation is 1. The molecule has 0 saturated heterocycles. The van der Waals surface area contributed by atoms with E-state index >= 15 is 0 Å². The first-order valence-corrected chi connectivity index (χ1v) is 7.68. The molecule has 5 nitrogen and oxygen atoms in total. The van der Waals surface area contributed by atoms with Crippen LogP contribution in [0.15, 0.2) is 53.5 Å². The predicted molar refractivity (Wildman–Crippen MR) is 90.8 cm³/mol. The molecule has 1 heterocycles. The molecule has 0 atom stereocenters. The Hall–Kier alpha value is -3.16. The van der Waals surface area contributed by atoms with E-state index in [9.17, 15) is 22.8 Å². The number of amides is 1. The van der Waals surface area contributed by atoms with Crippen LogP contribution in [0, 0.1) is 6.92 Å². The number of nitrogens with zero attached hydrogens (tertiary/aromatic N) is 2. The standard InChI is InChI=1S/C18H14F3N3O2/c1-11-6-7-12(8-14(11)18(19,20)21)23-17(26)10-24-15-5-3-2-4-13(15)16(25)9-22-24/h2-9H,10H2,1H3,(H,23,26). The Balaban J connectivity index is 1.85. The third kappa shape index (κ3) is 3.58. The molecule has 0 aliphatic carbocycles. The number of carbonyl (C=O) groups excluding carboxylic acids is 1. The van der Waals surface area contributed by atoms with Crippen molar-refractivity contribution in [2.75, 3.05) is 5.32 Å². The molecule has 0 aliphatic heterocycles. The molecule has 26 heavy (non-hydrogen) atoms. The van der Waals surface area contributed by atoms with Gasteiger partial charge in [0.15, 0.2) is 0 Å². The maximum Gasteiger partial charge on any atom is 0.416 e. The van der Waals surface area contributed by atoms with Gasteiger partial charge in [-0.05, 0) is 36.8 Å². The Morgan fingerprint density at radius 3 is 2.65 bits per heavy atom. The highest BCUT2D eigenvalue weighted by molar-refractivity contribution is 5.91. The molecular formula is C18H14F3N3O2. The van der Waals surface area contributed by atoms with Crippen LogP contribution in [-0.2, 0) is 17.5 Å². The van der Waals surface area contributed by atoms with E-state index in [2.05, 4.69) is 10.4 Å². The van der Waals surface area contributed by atoms with E-state index < -0.39 is 17.6 Å². The number of para-hydroxylation sites is 1. The summed E-state index contributed by atoms with van der Waals surface area (Å²) < 4.78 is 40.2. The second-order valence-electron chi connectivity index (χ2n) is 5.76. The largest absolute Gasteiger partial charge is 0.416 e. The van der Waals surface area contributed by atoms with Gasteiger partial charge in [0.2, 0.25) is 11.3 Å². The average molecular weight is 361 g/mol. The Labute approximate surface area is 146 Å². The Morgan fingerprint density at radius 1 is 1.19 bits per heavy atom. The average Bonchev–Trinajstić information content (AvgIpc) is 2.58. The van der Waals surface area contributed by atoms with Crippen LogP contribution in [0.1, 0.15) is 11.1 Å². The smallest absolute Gasteiger partial charge is 0.324 e. The predicted octanol–water partition coefficient (Wildman–Crippen LogP) is 3.36. The van der Waals surface area contributed by atoms with Gasteiger partial charge in [0.05, 0.1) is 17.3 Å². The topological polar surface area (TPSA) is 64.0 Å². The van der Waals surface area contributed by atoms with Gasteiger partial charge in [0, 0.05) is 11.1 Å². The lowest BCUT2D eigenvalue weighted by atomic mass is 10.1. The van der Waals surface area contributed by atoms with E-state index in [1.165, 1.54) is 23.7 Å². The highest BCUT2D eigenvalue weighted by Crippen LogP contribution is 2.33. The van der Waals surface area contributed by atoms with Crippen molar-refractivity contribution in [1.29, 1.82) is 0 Å². The minimum Gasteiger partial charge on any atom is -0.324 e. The number of halogens is 3. The summed E-state index contributed by atoms with van der Waals surface area (Å²) in [4.78, 5) is 24.0. The van der Waals surface area contributed by atoms with Crippen LogP contribution in [0.3, 0.4) is 0 Å². The number of alkyl halides is 3. The second kappa shape index (κ2) is 6.62. The van der Waals surface area contributed by atoms with Crippen LogP contribution in [0.25, 0.3) is 10.9 Å². The van der Waals surface area contributed by atoms with Crippen LogP contribution < -0.4 is 10.7 Å². The van der Waals surface area contributed by atoms with Crippen LogP contribution in [0.2, 0.25) is 0 Å². The summed E-state index contributed by atoms with van der Waals surface area (Å²) in [7, 11) is 0. The molecule has 0 aliphatic rings. The van der Waals surface area contributed by atoms with Crippen LogP contribution >= 0.6 is 0 Å². The number of carbonyl (C=O) groups is 1. The van der Waals surface area contributed by atoms with Crippen molar-refractivity contribution >= 4 is 22.5 Å². The Morgan fingerprint density at radius 2 is 1.92 bits per heavy atom. The van der Waals surface area contributed by atoms with Gasteiger partial charge in [-0.1, -0.05) is 18.2 Å². The van der Waals surface area contributed by atoms with Gasteiger partial charge < -0.3 is 5.32 Å². The second-order valence-corrected chi connectivity index (χ2v) is 5.76. The normalized spacial score (nSPS) is 11.5. The number of hydrogen-bond donors (Lipinski definition) is 1. The number of fused-ring (bicyclic) bond motifs is 1. The van der Waals surface area contributed by atoms with Crippen molar-refractivity contribution in [3.05, 3.63) is 70.0 Å². The zero-order valence-electron chi connectivity index (χ0n) is 13.7. The van der Waals surface area contributed by atoms with E-state index in [1.807, 2.05) is 0 Å². The number of hydrogen-bond acceptors (Lipinski definition) is 3. The molecule has 0 bridgehead atoms. The molecule has 3 aromatic rings. The summed E-state index contributed by atoms with van der Waals surface area (Å²) in [5.41, 5.74) is -0.496. The number of anilines is 1. The summed E-state index contributed by atoms with van der Waals surface area (Å²) in [5, 5.41) is 6.76. The van der Waals surface area contributed by atoms with Gasteiger partial charge in [-0.2, -0.15) is 18.3 Å². The lowest BCUT2D eigenvalue weighted by Gasteiger charge is -2.13. The van der Waals surface area contributed by atoms with E-state index in [-0.39, 0.29) is 23.2 Å². The SMILES string of the molecule is Cc1ccc(NC(=O)Cn2ncc(=O)c3ccccc32)cc1C(F)(F)F. The maximum absolute atomic E-state index is 13.0. The van der Waals surface area contributed by atoms with Crippen molar-refractivity contribution in [2.24, 2.45) is 0 Å². The Bertz CT molecular complexity index is 1040. The molecule has 0 unspecified atom stereocenters. The van der Waals surface area contributed by atoms with Crippen molar-refractivity contribution in [1.82, 2.24) is 9.78 Å². The molecule has 0 spiro atoms. The van der Waals surface area contributed by atoms with Crippen LogP contribution in [0.4, 0.5) is 18.9 Å².